The van der Waals surface area contributed by atoms with Crippen LogP contribution in [0.2, 0.25) is 0 Å². The standard InChI is InChI=1S/C28H29NO3/c1-20(21-10-6-4-7-11-21)29-19-22(18-26(29)30)27(31)32-25-16-14-24(15-17-25)28(2,3)23-12-8-5-9-13-23/h4-17,20,22H,18-19H2,1-3H3/t20-,22+/m0/s1. The van der Waals surface area contributed by atoms with E-state index >= 15 is 0 Å². The SMILES string of the molecule is C[C@@H](c1ccccc1)N1C[C@H](C(=O)Oc2ccc(C(C)(C)c3ccccc3)cc2)CC1=O. The molecule has 0 aliphatic carbocycles. The molecule has 1 amide bonds. The highest BCUT2D eigenvalue weighted by molar-refractivity contribution is 5.88. The molecule has 1 heterocycles. The van der Waals surface area contributed by atoms with Gasteiger partial charge in [-0.2, -0.15) is 0 Å². The Morgan fingerprint density at radius 3 is 2.09 bits per heavy atom. The fourth-order valence-electron chi connectivity index (χ4n) is 4.34. The zero-order chi connectivity index (χ0) is 22.7. The summed E-state index contributed by atoms with van der Waals surface area (Å²) in [7, 11) is 0. The van der Waals surface area contributed by atoms with Crippen molar-refractivity contribution in [3.05, 3.63) is 102 Å². The molecule has 3 aromatic carbocycles. The van der Waals surface area contributed by atoms with Crippen molar-refractivity contribution in [3.8, 4) is 5.75 Å². The minimum absolute atomic E-state index is 0.0109. The van der Waals surface area contributed by atoms with E-state index in [0.29, 0.717) is 12.3 Å². The Bertz CT molecular complexity index is 1070. The summed E-state index contributed by atoms with van der Waals surface area (Å²) in [6.07, 6.45) is 0.190. The molecule has 0 radical (unpaired) electrons. The number of likely N-dealkylation sites (tertiary alicyclic amines) is 1. The second kappa shape index (κ2) is 8.99. The highest BCUT2D eigenvalue weighted by Crippen LogP contribution is 2.33. The molecular formula is C28H29NO3. The van der Waals surface area contributed by atoms with Gasteiger partial charge in [0.1, 0.15) is 5.75 Å². The average Bonchev–Trinajstić information content (AvgIpc) is 3.22. The van der Waals surface area contributed by atoms with Gasteiger partial charge >= 0.3 is 5.97 Å². The van der Waals surface area contributed by atoms with Gasteiger partial charge in [-0.1, -0.05) is 86.6 Å². The summed E-state index contributed by atoms with van der Waals surface area (Å²) < 4.78 is 5.64. The van der Waals surface area contributed by atoms with Gasteiger partial charge in [-0.25, -0.2) is 0 Å². The van der Waals surface area contributed by atoms with Crippen molar-refractivity contribution in [3.63, 3.8) is 0 Å². The van der Waals surface area contributed by atoms with Gasteiger partial charge in [0.15, 0.2) is 0 Å². The maximum Gasteiger partial charge on any atom is 0.316 e. The number of nitrogens with zero attached hydrogens (tertiary/aromatic N) is 1. The highest BCUT2D eigenvalue weighted by Gasteiger charge is 2.38. The van der Waals surface area contributed by atoms with E-state index in [4.69, 9.17) is 4.74 Å². The Labute approximate surface area is 189 Å². The number of hydrogen-bond acceptors (Lipinski definition) is 3. The van der Waals surface area contributed by atoms with Crippen LogP contribution in [-0.4, -0.2) is 23.3 Å². The molecule has 1 fully saturated rings. The summed E-state index contributed by atoms with van der Waals surface area (Å²) in [6.45, 7) is 6.73. The van der Waals surface area contributed by atoms with Gasteiger partial charge in [0, 0.05) is 18.4 Å². The normalized spacial score (nSPS) is 17.3. The largest absolute Gasteiger partial charge is 0.426 e. The first kappa shape index (κ1) is 21.8. The van der Waals surface area contributed by atoms with E-state index in [1.165, 1.54) is 5.56 Å². The summed E-state index contributed by atoms with van der Waals surface area (Å²) in [5.74, 6) is -0.307. The Morgan fingerprint density at radius 2 is 1.47 bits per heavy atom. The van der Waals surface area contributed by atoms with Crippen LogP contribution >= 0.6 is 0 Å². The quantitative estimate of drug-likeness (QED) is 0.384. The first-order valence-corrected chi connectivity index (χ1v) is 11.1. The topological polar surface area (TPSA) is 46.6 Å². The molecule has 4 heteroatoms. The van der Waals surface area contributed by atoms with Crippen molar-refractivity contribution < 1.29 is 14.3 Å². The van der Waals surface area contributed by atoms with Crippen molar-refractivity contribution in [2.45, 2.75) is 38.6 Å². The van der Waals surface area contributed by atoms with Gasteiger partial charge in [-0.15, -0.1) is 0 Å². The van der Waals surface area contributed by atoms with Gasteiger partial charge < -0.3 is 9.64 Å². The molecule has 32 heavy (non-hydrogen) atoms. The summed E-state index contributed by atoms with van der Waals surface area (Å²) >= 11 is 0. The lowest BCUT2D eigenvalue weighted by Crippen LogP contribution is -2.30. The van der Waals surface area contributed by atoms with Crippen LogP contribution in [0.25, 0.3) is 0 Å². The molecule has 0 saturated carbocycles. The van der Waals surface area contributed by atoms with Crippen LogP contribution in [0.3, 0.4) is 0 Å². The first-order chi connectivity index (χ1) is 15.4. The lowest BCUT2D eigenvalue weighted by molar-refractivity contribution is -0.139. The van der Waals surface area contributed by atoms with E-state index in [9.17, 15) is 9.59 Å². The van der Waals surface area contributed by atoms with E-state index in [1.54, 1.807) is 4.90 Å². The molecule has 4 rings (SSSR count). The zero-order valence-electron chi connectivity index (χ0n) is 18.8. The minimum atomic E-state index is -0.450. The number of amides is 1. The van der Waals surface area contributed by atoms with Crippen LogP contribution in [0, 0.1) is 5.92 Å². The lowest BCUT2D eigenvalue weighted by atomic mass is 9.78. The summed E-state index contributed by atoms with van der Waals surface area (Å²) in [4.78, 5) is 27.1. The van der Waals surface area contributed by atoms with Crippen molar-refractivity contribution >= 4 is 11.9 Å². The number of rotatable bonds is 6. The number of carbonyl (C=O) groups is 2. The maximum atomic E-state index is 12.8. The number of carbonyl (C=O) groups excluding carboxylic acids is 2. The first-order valence-electron chi connectivity index (χ1n) is 11.1. The number of hydrogen-bond donors (Lipinski definition) is 0. The van der Waals surface area contributed by atoms with Crippen LogP contribution in [0.15, 0.2) is 84.9 Å². The lowest BCUT2D eigenvalue weighted by Gasteiger charge is -2.26. The smallest absolute Gasteiger partial charge is 0.316 e. The van der Waals surface area contributed by atoms with E-state index in [1.807, 2.05) is 79.7 Å². The highest BCUT2D eigenvalue weighted by atomic mass is 16.5. The zero-order valence-corrected chi connectivity index (χ0v) is 18.8. The Balaban J connectivity index is 1.41. The molecular weight excluding hydrogens is 398 g/mol. The van der Waals surface area contributed by atoms with Crippen LogP contribution in [0.5, 0.6) is 5.75 Å². The van der Waals surface area contributed by atoms with Crippen molar-refractivity contribution in [1.82, 2.24) is 4.90 Å². The molecule has 4 nitrogen and oxygen atoms in total. The van der Waals surface area contributed by atoms with Crippen LogP contribution in [-0.2, 0) is 15.0 Å². The number of esters is 1. The fraction of sp³-hybridized carbons (Fsp3) is 0.286. The van der Waals surface area contributed by atoms with E-state index < -0.39 is 5.92 Å². The Morgan fingerprint density at radius 1 is 0.906 bits per heavy atom. The van der Waals surface area contributed by atoms with E-state index in [2.05, 4.69) is 26.0 Å². The van der Waals surface area contributed by atoms with Crippen LogP contribution in [0.4, 0.5) is 0 Å². The van der Waals surface area contributed by atoms with Crippen LogP contribution in [0.1, 0.15) is 49.9 Å². The van der Waals surface area contributed by atoms with Crippen molar-refractivity contribution in [2.24, 2.45) is 5.92 Å². The summed E-state index contributed by atoms with van der Waals surface area (Å²) in [5, 5.41) is 0. The third-order valence-corrected chi connectivity index (χ3v) is 6.53. The average molecular weight is 428 g/mol. The molecule has 0 bridgehead atoms. The molecule has 2 atom stereocenters. The van der Waals surface area contributed by atoms with E-state index in [0.717, 1.165) is 11.1 Å². The third kappa shape index (κ3) is 4.45. The molecule has 1 saturated heterocycles. The molecule has 1 aliphatic rings. The van der Waals surface area contributed by atoms with Gasteiger partial charge in [-0.3, -0.25) is 9.59 Å². The van der Waals surface area contributed by atoms with Gasteiger partial charge in [-0.05, 0) is 35.7 Å². The molecule has 1 aliphatic heterocycles. The monoisotopic (exact) mass is 427 g/mol. The fourth-order valence-corrected chi connectivity index (χ4v) is 4.34. The van der Waals surface area contributed by atoms with Crippen molar-refractivity contribution in [2.75, 3.05) is 6.54 Å². The third-order valence-electron chi connectivity index (χ3n) is 6.53. The number of benzene rings is 3. The minimum Gasteiger partial charge on any atom is -0.426 e. The Hall–Kier alpha value is -3.40. The molecule has 0 aromatic heterocycles. The van der Waals surface area contributed by atoms with E-state index in [-0.39, 0.29) is 29.8 Å². The van der Waals surface area contributed by atoms with Crippen LogP contribution < -0.4 is 4.74 Å². The predicted octanol–water partition coefficient (Wildman–Crippen LogP) is 5.53. The molecule has 164 valence electrons. The maximum absolute atomic E-state index is 12.8. The molecule has 0 spiro atoms. The Kier molecular flexibility index (Phi) is 6.13. The molecule has 0 N–H and O–H groups in total. The summed E-state index contributed by atoms with van der Waals surface area (Å²) in [5.41, 5.74) is 3.27. The molecule has 3 aromatic rings. The number of ether oxygens (including phenoxy) is 1. The van der Waals surface area contributed by atoms with Gasteiger partial charge in [0.25, 0.3) is 0 Å². The second-order valence-corrected chi connectivity index (χ2v) is 8.97. The van der Waals surface area contributed by atoms with Gasteiger partial charge in [0.2, 0.25) is 5.91 Å². The van der Waals surface area contributed by atoms with Crippen molar-refractivity contribution in [1.29, 1.82) is 0 Å². The predicted molar refractivity (Wildman–Crippen MR) is 125 cm³/mol. The summed E-state index contributed by atoms with van der Waals surface area (Å²) in [6, 6.07) is 27.8. The molecule has 0 unspecified atom stereocenters. The van der Waals surface area contributed by atoms with Gasteiger partial charge in [0.05, 0.1) is 12.0 Å². The second-order valence-electron chi connectivity index (χ2n) is 8.97.